The Bertz CT molecular complexity index is 896. The van der Waals surface area contributed by atoms with Crippen LogP contribution >= 0.6 is 0 Å². The number of ether oxygens (including phenoxy) is 1. The molecule has 0 radical (unpaired) electrons. The zero-order valence-corrected chi connectivity index (χ0v) is 17.2. The molecule has 29 heavy (non-hydrogen) atoms. The molecule has 0 saturated carbocycles. The Morgan fingerprint density at radius 1 is 0.966 bits per heavy atom. The molecule has 0 fully saturated rings. The molecule has 156 valence electrons. The summed E-state index contributed by atoms with van der Waals surface area (Å²) in [6, 6.07) is 15.3. The SMILES string of the molecule is COCCNS(=O)(=O)c1ccc(CNC(=O)CCCC(=O)c2ccccc2)cc1. The zero-order valence-electron chi connectivity index (χ0n) is 16.4. The first-order valence-corrected chi connectivity index (χ1v) is 10.8. The molecule has 2 aromatic carbocycles. The number of Topliss-reactive ketones (excluding diaryl/α,β-unsaturated/α-hetero) is 1. The summed E-state index contributed by atoms with van der Waals surface area (Å²) in [5.74, 6) is -0.127. The lowest BCUT2D eigenvalue weighted by Gasteiger charge is -2.08. The zero-order chi connectivity index (χ0) is 21.1. The van der Waals surface area contributed by atoms with E-state index in [-0.39, 0.29) is 29.6 Å². The molecule has 1 amide bonds. The summed E-state index contributed by atoms with van der Waals surface area (Å²) in [5, 5.41) is 2.78. The number of sulfonamides is 1. The summed E-state index contributed by atoms with van der Waals surface area (Å²) < 4.78 is 31.5. The molecular formula is C21H26N2O5S. The largest absolute Gasteiger partial charge is 0.383 e. The van der Waals surface area contributed by atoms with Crippen molar-refractivity contribution in [2.45, 2.75) is 30.7 Å². The highest BCUT2D eigenvalue weighted by Gasteiger charge is 2.13. The molecule has 0 spiro atoms. The van der Waals surface area contributed by atoms with Gasteiger partial charge in [0.2, 0.25) is 15.9 Å². The van der Waals surface area contributed by atoms with Crippen molar-refractivity contribution in [3.05, 3.63) is 65.7 Å². The fraction of sp³-hybridized carbons (Fsp3) is 0.333. The summed E-state index contributed by atoms with van der Waals surface area (Å²) in [6.07, 6.45) is 1.05. The molecule has 0 unspecified atom stereocenters. The molecule has 0 bridgehead atoms. The van der Waals surface area contributed by atoms with Gasteiger partial charge in [-0.15, -0.1) is 0 Å². The van der Waals surface area contributed by atoms with Crippen molar-refractivity contribution in [3.8, 4) is 0 Å². The molecule has 0 heterocycles. The lowest BCUT2D eigenvalue weighted by Crippen LogP contribution is -2.27. The van der Waals surface area contributed by atoms with E-state index in [0.717, 1.165) is 5.56 Å². The van der Waals surface area contributed by atoms with Crippen molar-refractivity contribution in [2.24, 2.45) is 0 Å². The first kappa shape index (κ1) is 22.7. The van der Waals surface area contributed by atoms with Crippen LogP contribution in [0.5, 0.6) is 0 Å². The average molecular weight is 419 g/mol. The fourth-order valence-corrected chi connectivity index (χ4v) is 3.63. The van der Waals surface area contributed by atoms with Gasteiger partial charge in [0, 0.05) is 38.6 Å². The minimum atomic E-state index is -3.57. The number of nitrogens with one attached hydrogen (secondary N) is 2. The highest BCUT2D eigenvalue weighted by atomic mass is 32.2. The third-order valence-corrected chi connectivity index (χ3v) is 5.70. The maximum Gasteiger partial charge on any atom is 0.240 e. The smallest absolute Gasteiger partial charge is 0.240 e. The highest BCUT2D eigenvalue weighted by molar-refractivity contribution is 7.89. The quantitative estimate of drug-likeness (QED) is 0.407. The van der Waals surface area contributed by atoms with Crippen LogP contribution in [0, 0.1) is 0 Å². The van der Waals surface area contributed by atoms with Crippen molar-refractivity contribution in [1.82, 2.24) is 10.0 Å². The Hall–Kier alpha value is -2.55. The molecule has 2 aromatic rings. The van der Waals surface area contributed by atoms with Gasteiger partial charge in [-0.05, 0) is 24.1 Å². The van der Waals surface area contributed by atoms with Gasteiger partial charge in [-0.25, -0.2) is 13.1 Å². The van der Waals surface area contributed by atoms with Gasteiger partial charge in [0.15, 0.2) is 5.78 Å². The van der Waals surface area contributed by atoms with Gasteiger partial charge in [0.1, 0.15) is 0 Å². The second-order valence-electron chi connectivity index (χ2n) is 6.45. The Labute approximate surface area is 171 Å². The predicted molar refractivity (Wildman–Crippen MR) is 110 cm³/mol. The van der Waals surface area contributed by atoms with E-state index in [1.807, 2.05) is 18.2 Å². The number of methoxy groups -OCH3 is 1. The second kappa shape index (κ2) is 11.5. The normalized spacial score (nSPS) is 11.2. The van der Waals surface area contributed by atoms with Crippen LogP contribution in [0.25, 0.3) is 0 Å². The standard InChI is InChI=1S/C21H26N2O5S/c1-28-15-14-23-29(26,27)19-12-10-17(11-13-19)16-22-21(25)9-5-8-20(24)18-6-3-2-4-7-18/h2-4,6-7,10-13,23H,5,8-9,14-16H2,1H3,(H,22,25). The van der Waals surface area contributed by atoms with E-state index in [9.17, 15) is 18.0 Å². The predicted octanol–water partition coefficient (Wildman–Crippen LogP) is 2.28. The lowest BCUT2D eigenvalue weighted by molar-refractivity contribution is -0.121. The van der Waals surface area contributed by atoms with Crippen molar-refractivity contribution in [3.63, 3.8) is 0 Å². The number of hydrogen-bond acceptors (Lipinski definition) is 5. The minimum absolute atomic E-state index is 0.0225. The molecular weight excluding hydrogens is 392 g/mol. The molecule has 8 heteroatoms. The van der Waals surface area contributed by atoms with Crippen molar-refractivity contribution in [2.75, 3.05) is 20.3 Å². The Balaban J connectivity index is 1.74. The van der Waals surface area contributed by atoms with Gasteiger partial charge in [-0.2, -0.15) is 0 Å². The summed E-state index contributed by atoms with van der Waals surface area (Å²) >= 11 is 0. The van der Waals surface area contributed by atoms with Gasteiger partial charge in [0.05, 0.1) is 11.5 Å². The van der Waals surface area contributed by atoms with Crippen molar-refractivity contribution in [1.29, 1.82) is 0 Å². The number of rotatable bonds is 12. The summed E-state index contributed by atoms with van der Waals surface area (Å²) in [5.41, 5.74) is 1.44. The Morgan fingerprint density at radius 2 is 1.66 bits per heavy atom. The first-order chi connectivity index (χ1) is 13.9. The van der Waals surface area contributed by atoms with E-state index in [0.29, 0.717) is 31.6 Å². The summed E-state index contributed by atoms with van der Waals surface area (Å²) in [4.78, 5) is 24.1. The van der Waals surface area contributed by atoms with Gasteiger partial charge < -0.3 is 10.1 Å². The third kappa shape index (κ3) is 7.77. The van der Waals surface area contributed by atoms with Crippen molar-refractivity contribution < 1.29 is 22.7 Å². The number of amides is 1. The van der Waals surface area contributed by atoms with Crippen LogP contribution in [0.1, 0.15) is 35.2 Å². The van der Waals surface area contributed by atoms with Crippen LogP contribution < -0.4 is 10.0 Å². The van der Waals surface area contributed by atoms with E-state index in [2.05, 4.69) is 10.0 Å². The second-order valence-corrected chi connectivity index (χ2v) is 8.22. The number of carbonyl (C=O) groups excluding carboxylic acids is 2. The van der Waals surface area contributed by atoms with Gasteiger partial charge in [-0.3, -0.25) is 9.59 Å². The van der Waals surface area contributed by atoms with Crippen LogP contribution in [-0.4, -0.2) is 40.4 Å². The minimum Gasteiger partial charge on any atom is -0.383 e. The van der Waals surface area contributed by atoms with Gasteiger partial charge in [-0.1, -0.05) is 42.5 Å². The maximum atomic E-state index is 12.1. The molecule has 2 rings (SSSR count). The van der Waals surface area contributed by atoms with E-state index in [4.69, 9.17) is 4.74 Å². The molecule has 0 aliphatic carbocycles. The van der Waals surface area contributed by atoms with E-state index >= 15 is 0 Å². The molecule has 7 nitrogen and oxygen atoms in total. The molecule has 0 atom stereocenters. The fourth-order valence-electron chi connectivity index (χ4n) is 2.61. The van der Waals surface area contributed by atoms with Crippen LogP contribution in [0.3, 0.4) is 0 Å². The molecule has 0 aliphatic heterocycles. The number of benzene rings is 2. The molecule has 0 saturated heterocycles. The summed E-state index contributed by atoms with van der Waals surface area (Å²) in [7, 11) is -2.07. The Kier molecular flexibility index (Phi) is 8.98. The van der Waals surface area contributed by atoms with Crippen molar-refractivity contribution >= 4 is 21.7 Å². The number of ketones is 1. The van der Waals surface area contributed by atoms with E-state index < -0.39 is 10.0 Å². The van der Waals surface area contributed by atoms with Crippen LogP contribution in [0.15, 0.2) is 59.5 Å². The lowest BCUT2D eigenvalue weighted by atomic mass is 10.1. The molecule has 2 N–H and O–H groups in total. The van der Waals surface area contributed by atoms with Gasteiger partial charge in [0.25, 0.3) is 0 Å². The van der Waals surface area contributed by atoms with Gasteiger partial charge >= 0.3 is 0 Å². The highest BCUT2D eigenvalue weighted by Crippen LogP contribution is 2.11. The third-order valence-electron chi connectivity index (χ3n) is 4.23. The van der Waals surface area contributed by atoms with E-state index in [1.165, 1.54) is 19.2 Å². The number of hydrogen-bond donors (Lipinski definition) is 2. The topological polar surface area (TPSA) is 102 Å². The monoisotopic (exact) mass is 418 g/mol. The number of carbonyl (C=O) groups is 2. The maximum absolute atomic E-state index is 12.1. The van der Waals surface area contributed by atoms with Crippen LogP contribution in [0.2, 0.25) is 0 Å². The average Bonchev–Trinajstić information content (AvgIpc) is 2.73. The molecule has 0 aromatic heterocycles. The summed E-state index contributed by atoms with van der Waals surface area (Å²) in [6.45, 7) is 0.784. The molecule has 0 aliphatic rings. The van der Waals surface area contributed by atoms with Crippen LogP contribution in [0.4, 0.5) is 0 Å². The van der Waals surface area contributed by atoms with Crippen LogP contribution in [-0.2, 0) is 26.1 Å². The first-order valence-electron chi connectivity index (χ1n) is 9.35. The Morgan fingerprint density at radius 3 is 2.31 bits per heavy atom. The van der Waals surface area contributed by atoms with E-state index in [1.54, 1.807) is 24.3 Å².